The second kappa shape index (κ2) is 1.68. The van der Waals surface area contributed by atoms with Crippen molar-refractivity contribution in [3.05, 3.63) is 16.2 Å². The molecule has 6 heavy (non-hydrogen) atoms. The molecule has 2 heteroatoms. The molecule has 0 saturated heterocycles. The van der Waals surface area contributed by atoms with Crippen LogP contribution >= 0.6 is 0 Å². The Labute approximate surface area is 45.9 Å². The van der Waals surface area contributed by atoms with Gasteiger partial charge in [-0.15, -0.1) is 0 Å². The van der Waals surface area contributed by atoms with Gasteiger partial charge in [-0.05, 0) is 0 Å². The molecule has 0 fully saturated rings. The molecule has 1 aromatic rings. The Bertz CT molecular complexity index is 111. The summed E-state index contributed by atoms with van der Waals surface area (Å²) in [4.78, 5) is 0. The van der Waals surface area contributed by atoms with Crippen LogP contribution in [0.25, 0.3) is 0 Å². The molecule has 32 valence electrons. The quantitative estimate of drug-likeness (QED) is 0.596. The van der Waals surface area contributed by atoms with Crippen molar-refractivity contribution in [1.82, 2.24) is 0 Å². The molecule has 0 aliphatic rings. The van der Waals surface area contributed by atoms with Crippen LogP contribution in [-0.2, 0) is 0 Å². The van der Waals surface area contributed by atoms with Crippen LogP contribution in [-0.4, -0.2) is 25.5 Å². The number of aromatic hydroxyl groups is 1. The van der Waals surface area contributed by atoms with Crippen molar-refractivity contribution in [3.8, 4) is 3.77 Å². The Morgan fingerprint density at radius 1 is 1.67 bits per heavy atom. The molecule has 0 amide bonds. The molecule has 0 aromatic carbocycles. The SMILES string of the molecule is Oc1ccc[te]1. The van der Waals surface area contributed by atoms with Crippen molar-refractivity contribution in [2.75, 3.05) is 0 Å². The zero-order valence-corrected chi connectivity index (χ0v) is 5.42. The summed E-state index contributed by atoms with van der Waals surface area (Å²) < 4.78 is 2.64. The Kier molecular flexibility index (Phi) is 1.19. The predicted octanol–water partition coefficient (Wildman–Crippen LogP) is 0.449. The first kappa shape index (κ1) is 4.23. The fourth-order valence-electron chi connectivity index (χ4n) is 0.270. The Morgan fingerprint density at radius 3 is 2.67 bits per heavy atom. The summed E-state index contributed by atoms with van der Waals surface area (Å²) in [6.45, 7) is 0. The molecule has 1 rings (SSSR count). The minimum absolute atomic E-state index is 0.231. The third-order valence-electron chi connectivity index (χ3n) is 0.506. The number of hydrogen-bond acceptors (Lipinski definition) is 1. The van der Waals surface area contributed by atoms with Crippen molar-refractivity contribution in [2.45, 2.75) is 0 Å². The Morgan fingerprint density at radius 2 is 2.50 bits per heavy atom. The zero-order chi connectivity index (χ0) is 4.41. The van der Waals surface area contributed by atoms with Gasteiger partial charge in [-0.3, -0.25) is 0 Å². The van der Waals surface area contributed by atoms with E-state index in [2.05, 4.69) is 0 Å². The molecule has 1 heterocycles. The van der Waals surface area contributed by atoms with E-state index in [4.69, 9.17) is 5.11 Å². The average Bonchev–Trinajstić information content (AvgIpc) is 1.86. The van der Waals surface area contributed by atoms with Gasteiger partial charge < -0.3 is 0 Å². The van der Waals surface area contributed by atoms with Gasteiger partial charge in [-0.2, -0.15) is 0 Å². The van der Waals surface area contributed by atoms with Gasteiger partial charge in [0.15, 0.2) is 0 Å². The van der Waals surface area contributed by atoms with Crippen LogP contribution in [0.3, 0.4) is 0 Å². The van der Waals surface area contributed by atoms with Crippen LogP contribution < -0.4 is 0 Å². The molecule has 1 nitrogen and oxygen atoms in total. The van der Waals surface area contributed by atoms with E-state index >= 15 is 0 Å². The fraction of sp³-hybridized carbons (Fsp3) is 0. The van der Waals surface area contributed by atoms with Crippen molar-refractivity contribution in [3.63, 3.8) is 0 Å². The van der Waals surface area contributed by atoms with Gasteiger partial charge in [0.25, 0.3) is 0 Å². The summed E-state index contributed by atoms with van der Waals surface area (Å²) >= 11 is -0.231. The zero-order valence-electron chi connectivity index (χ0n) is 3.09. The first-order valence-electron chi connectivity index (χ1n) is 1.62. The van der Waals surface area contributed by atoms with E-state index in [1.165, 1.54) is 0 Å². The van der Waals surface area contributed by atoms with Gasteiger partial charge in [0, 0.05) is 0 Å². The van der Waals surface area contributed by atoms with Crippen molar-refractivity contribution in [2.24, 2.45) is 0 Å². The third kappa shape index (κ3) is 0.767. The van der Waals surface area contributed by atoms with E-state index in [-0.39, 0.29) is 20.4 Å². The van der Waals surface area contributed by atoms with E-state index in [0.717, 1.165) is 0 Å². The number of hydrogen-bond donors (Lipinski definition) is 1. The molecule has 0 radical (unpaired) electrons. The van der Waals surface area contributed by atoms with Gasteiger partial charge in [-0.25, -0.2) is 0 Å². The van der Waals surface area contributed by atoms with Gasteiger partial charge in [0.05, 0.1) is 0 Å². The Hall–Kier alpha value is 0.0696. The molecule has 1 aromatic heterocycles. The molecule has 0 aliphatic heterocycles. The van der Waals surface area contributed by atoms with Crippen LogP contribution in [0.5, 0.6) is 3.77 Å². The van der Waals surface area contributed by atoms with Gasteiger partial charge >= 0.3 is 45.5 Å². The number of rotatable bonds is 0. The van der Waals surface area contributed by atoms with Crippen LogP contribution in [0, 0.1) is 0 Å². The maximum atomic E-state index is 8.59. The normalized spacial score (nSPS) is 8.67. The minimum atomic E-state index is -0.231. The standard InChI is InChI=1S/C4H4OTe/c5-4-2-1-3-6-4/h1-3,5H. The van der Waals surface area contributed by atoms with Gasteiger partial charge in [-0.1, -0.05) is 0 Å². The summed E-state index contributed by atoms with van der Waals surface area (Å²) in [5.41, 5.74) is 0. The first-order chi connectivity index (χ1) is 2.89. The van der Waals surface area contributed by atoms with E-state index in [0.29, 0.717) is 3.77 Å². The van der Waals surface area contributed by atoms with Crippen LogP contribution in [0.15, 0.2) is 16.2 Å². The van der Waals surface area contributed by atoms with Crippen LogP contribution in [0.1, 0.15) is 0 Å². The van der Waals surface area contributed by atoms with E-state index in [1.54, 1.807) is 6.07 Å². The molecule has 0 atom stereocenters. The van der Waals surface area contributed by atoms with E-state index < -0.39 is 0 Å². The summed E-state index contributed by atoms with van der Waals surface area (Å²) in [5.74, 6) is 0. The molecule has 0 unspecified atom stereocenters. The Balaban J connectivity index is 3.05. The molecule has 1 N–H and O–H groups in total. The van der Waals surface area contributed by atoms with Crippen molar-refractivity contribution < 1.29 is 5.11 Å². The second-order valence-electron chi connectivity index (χ2n) is 0.951. The molecular weight excluding hydrogens is 192 g/mol. The summed E-state index contributed by atoms with van der Waals surface area (Å²) in [5, 5.41) is 8.59. The monoisotopic (exact) mass is 198 g/mol. The van der Waals surface area contributed by atoms with Crippen molar-refractivity contribution >= 4 is 20.4 Å². The summed E-state index contributed by atoms with van der Waals surface area (Å²) in [6, 6.07) is 3.65. The predicted molar refractivity (Wildman–Crippen MR) is 25.0 cm³/mol. The van der Waals surface area contributed by atoms with Crippen LogP contribution in [0.2, 0.25) is 0 Å². The topological polar surface area (TPSA) is 20.2 Å². The first-order valence-corrected chi connectivity index (χ1v) is 4.13. The van der Waals surface area contributed by atoms with Crippen molar-refractivity contribution in [1.29, 1.82) is 0 Å². The van der Waals surface area contributed by atoms with E-state index in [1.807, 2.05) is 10.1 Å². The molecule has 0 aliphatic carbocycles. The average molecular weight is 196 g/mol. The summed E-state index contributed by atoms with van der Waals surface area (Å²) in [6.07, 6.45) is 0. The van der Waals surface area contributed by atoms with Gasteiger partial charge in [0.2, 0.25) is 0 Å². The third-order valence-corrected chi connectivity index (χ3v) is 2.42. The molecular formula is C4H4OTe. The molecule has 0 saturated carbocycles. The fourth-order valence-corrected chi connectivity index (χ4v) is 1.56. The molecule has 0 bridgehead atoms. The second-order valence-corrected chi connectivity index (χ2v) is 3.59. The van der Waals surface area contributed by atoms with Gasteiger partial charge in [0.1, 0.15) is 0 Å². The summed E-state index contributed by atoms with van der Waals surface area (Å²) in [7, 11) is 0. The maximum absolute atomic E-state index is 8.59. The molecule has 0 spiro atoms. The van der Waals surface area contributed by atoms with Crippen LogP contribution in [0.4, 0.5) is 0 Å². The van der Waals surface area contributed by atoms with E-state index in [9.17, 15) is 0 Å².